The Hall–Kier alpha value is -3.85. The van der Waals surface area contributed by atoms with Gasteiger partial charge in [-0.25, -0.2) is 9.67 Å². The largest absolute Gasteiger partial charge is 0.293 e. The van der Waals surface area contributed by atoms with E-state index in [0.717, 1.165) is 22.4 Å². The number of benzene rings is 2. The number of carbonyl (C=O) groups is 1. The smallest absolute Gasteiger partial charge is 0.184 e. The van der Waals surface area contributed by atoms with Crippen molar-refractivity contribution in [2.24, 2.45) is 11.3 Å². The summed E-state index contributed by atoms with van der Waals surface area (Å²) in [5.41, 5.74) is 5.46. The van der Waals surface area contributed by atoms with Crippen LogP contribution >= 0.6 is 0 Å². The number of ketones is 1. The molecule has 1 aliphatic carbocycles. The minimum Gasteiger partial charge on any atom is -0.293 e. The fourth-order valence-electron chi connectivity index (χ4n) is 4.61. The zero-order chi connectivity index (χ0) is 23.3. The van der Waals surface area contributed by atoms with E-state index in [1.807, 2.05) is 54.9 Å². The number of nitriles is 1. The van der Waals surface area contributed by atoms with Gasteiger partial charge in [0, 0.05) is 0 Å². The Morgan fingerprint density at radius 1 is 1.09 bits per heavy atom. The second-order valence-corrected chi connectivity index (χ2v) is 9.66. The maximum absolute atomic E-state index is 13.6. The maximum Gasteiger partial charge on any atom is 0.184 e. The number of fused-ring (bicyclic) bond motifs is 2. The highest BCUT2D eigenvalue weighted by atomic mass is 16.1. The van der Waals surface area contributed by atoms with Gasteiger partial charge < -0.3 is 0 Å². The molecule has 0 fully saturated rings. The lowest BCUT2D eigenvalue weighted by Gasteiger charge is -2.33. The molecule has 33 heavy (non-hydrogen) atoms. The molecule has 0 saturated carbocycles. The first-order valence-electron chi connectivity index (χ1n) is 11.2. The molecule has 1 unspecified atom stereocenters. The first-order chi connectivity index (χ1) is 15.8. The van der Waals surface area contributed by atoms with Crippen LogP contribution in [-0.4, -0.2) is 25.5 Å². The molecule has 6 heteroatoms. The summed E-state index contributed by atoms with van der Waals surface area (Å²) in [7, 11) is 0. The van der Waals surface area contributed by atoms with Gasteiger partial charge in [0.05, 0.1) is 40.2 Å². The topological polar surface area (TPSA) is 84.5 Å². The van der Waals surface area contributed by atoms with Gasteiger partial charge in [0.15, 0.2) is 5.78 Å². The van der Waals surface area contributed by atoms with E-state index >= 15 is 0 Å². The molecule has 2 aromatic heterocycles. The van der Waals surface area contributed by atoms with Gasteiger partial charge in [0.25, 0.3) is 0 Å². The summed E-state index contributed by atoms with van der Waals surface area (Å²) < 4.78 is 1.85. The lowest BCUT2D eigenvalue weighted by Crippen LogP contribution is -2.37. The van der Waals surface area contributed by atoms with Crippen molar-refractivity contribution in [2.75, 3.05) is 0 Å². The van der Waals surface area contributed by atoms with Crippen LogP contribution in [0.25, 0.3) is 28.1 Å². The summed E-state index contributed by atoms with van der Waals surface area (Å²) in [4.78, 5) is 22.9. The minimum atomic E-state index is -0.738. The molecule has 0 bridgehead atoms. The number of carbonyl (C=O) groups excluding carboxylic acids is 1. The van der Waals surface area contributed by atoms with Gasteiger partial charge in [-0.15, -0.1) is 0 Å². The normalized spacial score (nSPS) is 17.2. The fraction of sp³-hybridized carbons (Fsp3) is 0.296. The lowest BCUT2D eigenvalue weighted by molar-refractivity contribution is 0.0835. The molecule has 5 rings (SSSR count). The minimum absolute atomic E-state index is 0.196. The summed E-state index contributed by atoms with van der Waals surface area (Å²) in [6.07, 6.45) is 2.22. The van der Waals surface area contributed by atoms with Crippen LogP contribution in [0.2, 0.25) is 0 Å². The van der Waals surface area contributed by atoms with Gasteiger partial charge in [-0.05, 0) is 47.6 Å². The second kappa shape index (κ2) is 7.63. The summed E-state index contributed by atoms with van der Waals surface area (Å²) in [5, 5.41) is 14.7. The molecule has 0 saturated heterocycles. The number of hydrogen-bond acceptors (Lipinski definition) is 5. The lowest BCUT2D eigenvalue weighted by atomic mass is 9.68. The zero-order valence-electron chi connectivity index (χ0n) is 19.2. The molecular formula is C27H25N5O. The van der Waals surface area contributed by atoms with E-state index in [9.17, 15) is 10.1 Å². The molecule has 1 atom stereocenters. The van der Waals surface area contributed by atoms with Crippen LogP contribution < -0.4 is 0 Å². The molecule has 2 aromatic carbocycles. The summed E-state index contributed by atoms with van der Waals surface area (Å²) in [6, 6.07) is 18.1. The van der Waals surface area contributed by atoms with Crippen LogP contribution in [0.4, 0.5) is 0 Å². The number of hydrogen-bond donors (Lipinski definition) is 0. The standard InChI is InChI=1S/C27H25N5O/c1-16(2)17-9-11-18(12-10-17)32-23-13-27(3,4)19(14-28)26(33)24(23)25(31-32)22-15-29-20-7-5-6-8-21(20)30-22/h5-12,15-16,19H,13H2,1-4H3. The summed E-state index contributed by atoms with van der Waals surface area (Å²) >= 11 is 0. The quantitative estimate of drug-likeness (QED) is 0.424. The average Bonchev–Trinajstić information content (AvgIpc) is 3.17. The van der Waals surface area contributed by atoms with Gasteiger partial charge in [0.1, 0.15) is 17.3 Å². The maximum atomic E-state index is 13.6. The molecule has 0 spiro atoms. The van der Waals surface area contributed by atoms with Crippen molar-refractivity contribution in [2.45, 2.75) is 40.0 Å². The predicted octanol–water partition coefficient (Wildman–Crippen LogP) is 5.51. The summed E-state index contributed by atoms with van der Waals surface area (Å²) in [5.74, 6) is -0.511. The fourth-order valence-corrected chi connectivity index (χ4v) is 4.61. The zero-order valence-corrected chi connectivity index (χ0v) is 19.2. The monoisotopic (exact) mass is 435 g/mol. The molecule has 6 nitrogen and oxygen atoms in total. The molecule has 4 aromatic rings. The van der Waals surface area contributed by atoms with Crippen LogP contribution in [-0.2, 0) is 6.42 Å². The van der Waals surface area contributed by atoms with Crippen molar-refractivity contribution in [3.05, 3.63) is 71.5 Å². The second-order valence-electron chi connectivity index (χ2n) is 9.66. The van der Waals surface area contributed by atoms with Crippen molar-refractivity contribution in [3.63, 3.8) is 0 Å². The molecular weight excluding hydrogens is 410 g/mol. The summed E-state index contributed by atoms with van der Waals surface area (Å²) in [6.45, 7) is 8.25. The highest BCUT2D eigenvalue weighted by Gasteiger charge is 2.45. The number of nitrogens with zero attached hydrogens (tertiary/aromatic N) is 5. The average molecular weight is 436 g/mol. The van der Waals surface area contributed by atoms with E-state index in [1.54, 1.807) is 6.20 Å². The third-order valence-electron chi connectivity index (χ3n) is 6.52. The number of Topliss-reactive ketones (excluding diaryl/α,β-unsaturated/α-hetero) is 1. The SMILES string of the molecule is CC(C)c1ccc(-n2nc(-c3cnc4ccccc4n3)c3c2CC(C)(C)C(C#N)C3=O)cc1. The van der Waals surface area contributed by atoms with Crippen LogP contribution in [0.1, 0.15) is 55.2 Å². The van der Waals surface area contributed by atoms with E-state index in [1.165, 1.54) is 5.56 Å². The van der Waals surface area contributed by atoms with Crippen molar-refractivity contribution in [1.82, 2.24) is 19.7 Å². The molecule has 0 radical (unpaired) electrons. The van der Waals surface area contributed by atoms with Crippen molar-refractivity contribution in [3.8, 4) is 23.1 Å². The van der Waals surface area contributed by atoms with Gasteiger partial charge in [-0.2, -0.15) is 10.4 Å². The van der Waals surface area contributed by atoms with Crippen LogP contribution in [0.15, 0.2) is 54.7 Å². The van der Waals surface area contributed by atoms with E-state index in [2.05, 4.69) is 37.0 Å². The van der Waals surface area contributed by atoms with E-state index in [0.29, 0.717) is 29.3 Å². The molecule has 1 aliphatic rings. The van der Waals surface area contributed by atoms with E-state index in [4.69, 9.17) is 10.1 Å². The Labute approximate surface area is 192 Å². The highest BCUT2D eigenvalue weighted by molar-refractivity contribution is 6.06. The molecule has 0 N–H and O–H groups in total. The van der Waals surface area contributed by atoms with Gasteiger partial charge in [-0.3, -0.25) is 9.78 Å². The van der Waals surface area contributed by atoms with Gasteiger partial charge >= 0.3 is 0 Å². The highest BCUT2D eigenvalue weighted by Crippen LogP contribution is 2.43. The first-order valence-corrected chi connectivity index (χ1v) is 11.2. The Morgan fingerprint density at radius 2 is 1.79 bits per heavy atom. The van der Waals surface area contributed by atoms with Crippen molar-refractivity contribution in [1.29, 1.82) is 5.26 Å². The number of rotatable bonds is 3. The number of para-hydroxylation sites is 2. The molecule has 0 amide bonds. The van der Waals surface area contributed by atoms with Crippen LogP contribution in [0, 0.1) is 22.7 Å². The Balaban J connectivity index is 1.75. The van der Waals surface area contributed by atoms with E-state index in [-0.39, 0.29) is 5.78 Å². The Kier molecular flexibility index (Phi) is 4.86. The Bertz CT molecular complexity index is 1420. The number of aromatic nitrogens is 4. The van der Waals surface area contributed by atoms with Crippen molar-refractivity contribution >= 4 is 16.8 Å². The third-order valence-corrected chi connectivity index (χ3v) is 6.52. The molecule has 2 heterocycles. The predicted molar refractivity (Wildman–Crippen MR) is 127 cm³/mol. The van der Waals surface area contributed by atoms with Gasteiger partial charge in [-0.1, -0.05) is 52.0 Å². The molecule has 164 valence electrons. The van der Waals surface area contributed by atoms with Crippen molar-refractivity contribution < 1.29 is 4.79 Å². The van der Waals surface area contributed by atoms with E-state index < -0.39 is 11.3 Å². The third kappa shape index (κ3) is 3.41. The Morgan fingerprint density at radius 3 is 2.45 bits per heavy atom. The van der Waals surface area contributed by atoms with Gasteiger partial charge in [0.2, 0.25) is 0 Å². The first kappa shape index (κ1) is 21.0. The molecule has 0 aliphatic heterocycles. The van der Waals surface area contributed by atoms with Crippen LogP contribution in [0.5, 0.6) is 0 Å². The van der Waals surface area contributed by atoms with Crippen LogP contribution in [0.3, 0.4) is 0 Å².